The van der Waals surface area contributed by atoms with Crippen molar-refractivity contribution in [2.75, 3.05) is 6.61 Å². The smallest absolute Gasteiger partial charge is 0.276 e. The van der Waals surface area contributed by atoms with Crippen LogP contribution in [0.1, 0.15) is 45.1 Å². The number of ether oxygens (including phenoxy) is 1. The Labute approximate surface area is 149 Å². The maximum absolute atomic E-state index is 11.8. The van der Waals surface area contributed by atoms with Crippen LogP contribution < -0.4 is 20.9 Å². The number of hydrogen-bond acceptors (Lipinski definition) is 3. The van der Waals surface area contributed by atoms with Crippen LogP contribution >= 0.6 is 12.2 Å². The number of carbonyl (C=O) groups is 1. The number of aryl methyl sites for hydroxylation is 1. The lowest BCUT2D eigenvalue weighted by molar-refractivity contribution is -0.123. The number of thiocarbonyl (C=S) groups is 1. The Bertz CT molecular complexity index is 548. The van der Waals surface area contributed by atoms with Gasteiger partial charge >= 0.3 is 0 Å². The predicted molar refractivity (Wildman–Crippen MR) is 99.7 cm³/mol. The molecule has 0 unspecified atom stereocenters. The molecule has 1 aromatic carbocycles. The lowest BCUT2D eigenvalue weighted by atomic mass is 9.86. The van der Waals surface area contributed by atoms with Crippen LogP contribution in [-0.4, -0.2) is 23.7 Å². The monoisotopic (exact) mass is 349 g/mol. The molecule has 1 aliphatic carbocycles. The maximum atomic E-state index is 11.8. The molecule has 2 rings (SSSR count). The second-order valence-electron chi connectivity index (χ2n) is 6.30. The second-order valence-corrected chi connectivity index (χ2v) is 6.71. The van der Waals surface area contributed by atoms with E-state index in [1.165, 1.54) is 24.8 Å². The van der Waals surface area contributed by atoms with Crippen LogP contribution in [-0.2, 0) is 11.2 Å². The average molecular weight is 350 g/mol. The third-order valence-corrected chi connectivity index (χ3v) is 4.66. The topological polar surface area (TPSA) is 62.4 Å². The van der Waals surface area contributed by atoms with Gasteiger partial charge in [0.2, 0.25) is 0 Å². The number of hydrazine groups is 1. The first-order chi connectivity index (χ1) is 11.6. The summed E-state index contributed by atoms with van der Waals surface area (Å²) in [7, 11) is 0. The van der Waals surface area contributed by atoms with Crippen LogP contribution in [0.3, 0.4) is 0 Å². The zero-order valence-corrected chi connectivity index (χ0v) is 15.2. The lowest BCUT2D eigenvalue weighted by Crippen LogP contribution is -2.52. The molecule has 2 atom stereocenters. The van der Waals surface area contributed by atoms with Gasteiger partial charge in [0.05, 0.1) is 0 Å². The van der Waals surface area contributed by atoms with E-state index in [0.717, 1.165) is 12.8 Å². The van der Waals surface area contributed by atoms with Crippen molar-refractivity contribution in [2.45, 2.75) is 52.0 Å². The van der Waals surface area contributed by atoms with Crippen LogP contribution in [0.25, 0.3) is 0 Å². The highest BCUT2D eigenvalue weighted by molar-refractivity contribution is 7.80. The van der Waals surface area contributed by atoms with Gasteiger partial charge in [-0.1, -0.05) is 38.8 Å². The van der Waals surface area contributed by atoms with E-state index in [-0.39, 0.29) is 12.5 Å². The van der Waals surface area contributed by atoms with Crippen molar-refractivity contribution in [2.24, 2.45) is 5.92 Å². The highest BCUT2D eigenvalue weighted by Crippen LogP contribution is 2.23. The Morgan fingerprint density at radius 1 is 1.21 bits per heavy atom. The summed E-state index contributed by atoms with van der Waals surface area (Å²) in [5.74, 6) is 1.01. The average Bonchev–Trinajstić information content (AvgIpc) is 2.60. The minimum absolute atomic E-state index is 0.0546. The Kier molecular flexibility index (Phi) is 7.31. The van der Waals surface area contributed by atoms with Gasteiger partial charge in [-0.25, -0.2) is 0 Å². The molecule has 1 amide bonds. The molecular formula is C18H27N3O2S. The van der Waals surface area contributed by atoms with E-state index in [0.29, 0.717) is 22.8 Å². The summed E-state index contributed by atoms with van der Waals surface area (Å²) >= 11 is 5.23. The third kappa shape index (κ3) is 6.00. The zero-order valence-electron chi connectivity index (χ0n) is 14.4. The Morgan fingerprint density at radius 2 is 1.92 bits per heavy atom. The van der Waals surface area contributed by atoms with Crippen LogP contribution in [0, 0.1) is 5.92 Å². The van der Waals surface area contributed by atoms with Crippen molar-refractivity contribution in [1.82, 2.24) is 16.2 Å². The lowest BCUT2D eigenvalue weighted by Gasteiger charge is -2.30. The molecule has 1 aliphatic rings. The fourth-order valence-electron chi connectivity index (χ4n) is 2.87. The number of amides is 1. The third-order valence-electron chi connectivity index (χ3n) is 4.44. The Morgan fingerprint density at radius 3 is 2.58 bits per heavy atom. The van der Waals surface area contributed by atoms with Crippen molar-refractivity contribution in [1.29, 1.82) is 0 Å². The van der Waals surface area contributed by atoms with Crippen molar-refractivity contribution in [3.63, 3.8) is 0 Å². The van der Waals surface area contributed by atoms with Gasteiger partial charge in [0.25, 0.3) is 5.91 Å². The fourth-order valence-corrected chi connectivity index (χ4v) is 3.07. The molecular weight excluding hydrogens is 322 g/mol. The molecule has 1 fully saturated rings. The largest absolute Gasteiger partial charge is 0.484 e. The molecule has 0 aliphatic heterocycles. The highest BCUT2D eigenvalue weighted by atomic mass is 32.1. The molecule has 0 radical (unpaired) electrons. The number of hydrogen-bond donors (Lipinski definition) is 3. The van der Waals surface area contributed by atoms with Crippen LogP contribution in [0.15, 0.2) is 24.3 Å². The van der Waals surface area contributed by atoms with Crippen LogP contribution in [0.4, 0.5) is 0 Å². The SMILES string of the molecule is CCc1ccc(OCC(=O)NNC(=S)N[C@@H]2CCCC[C@H]2C)cc1. The van der Waals surface area contributed by atoms with Gasteiger partial charge in [-0.3, -0.25) is 15.6 Å². The van der Waals surface area contributed by atoms with E-state index in [1.54, 1.807) is 0 Å². The van der Waals surface area contributed by atoms with Crippen molar-refractivity contribution in [3.05, 3.63) is 29.8 Å². The van der Waals surface area contributed by atoms with Gasteiger partial charge in [0.15, 0.2) is 11.7 Å². The van der Waals surface area contributed by atoms with Gasteiger partial charge in [0.1, 0.15) is 5.75 Å². The molecule has 24 heavy (non-hydrogen) atoms. The first-order valence-corrected chi connectivity index (χ1v) is 9.06. The second kappa shape index (κ2) is 9.47. The standard InChI is InChI=1S/C18H27N3O2S/c1-3-14-8-10-15(11-9-14)23-12-17(22)20-21-18(24)19-16-7-5-4-6-13(16)2/h8-11,13,16H,3-7,12H2,1-2H3,(H,20,22)(H2,19,21,24)/t13-,16-/m1/s1. The molecule has 3 N–H and O–H groups in total. The Balaban J connectivity index is 1.65. The molecule has 132 valence electrons. The van der Waals surface area contributed by atoms with Crippen LogP contribution in [0.5, 0.6) is 5.75 Å². The van der Waals surface area contributed by atoms with E-state index in [4.69, 9.17) is 17.0 Å². The number of carbonyl (C=O) groups excluding carboxylic acids is 1. The van der Waals surface area contributed by atoms with Crippen molar-refractivity contribution >= 4 is 23.2 Å². The van der Waals surface area contributed by atoms with Gasteiger partial charge in [0, 0.05) is 6.04 Å². The maximum Gasteiger partial charge on any atom is 0.276 e. The molecule has 1 saturated carbocycles. The number of rotatable bonds is 5. The van der Waals surface area contributed by atoms with Gasteiger partial charge in [-0.2, -0.15) is 0 Å². The summed E-state index contributed by atoms with van der Waals surface area (Å²) in [6, 6.07) is 8.11. The molecule has 0 spiro atoms. The first kappa shape index (κ1) is 18.5. The fraction of sp³-hybridized carbons (Fsp3) is 0.556. The quantitative estimate of drug-likeness (QED) is 0.564. The molecule has 0 bridgehead atoms. The summed E-state index contributed by atoms with van der Waals surface area (Å²) in [4.78, 5) is 11.8. The highest BCUT2D eigenvalue weighted by Gasteiger charge is 2.21. The molecule has 6 heteroatoms. The summed E-state index contributed by atoms with van der Waals surface area (Å²) in [6.07, 6.45) is 5.83. The van der Waals surface area contributed by atoms with E-state index in [1.807, 2.05) is 24.3 Å². The predicted octanol–water partition coefficient (Wildman–Crippen LogP) is 2.70. The number of nitrogens with one attached hydrogen (secondary N) is 3. The van der Waals surface area contributed by atoms with E-state index >= 15 is 0 Å². The van der Waals surface area contributed by atoms with Gasteiger partial charge < -0.3 is 10.1 Å². The molecule has 5 nitrogen and oxygen atoms in total. The number of benzene rings is 1. The van der Waals surface area contributed by atoms with E-state index in [2.05, 4.69) is 30.0 Å². The summed E-state index contributed by atoms with van der Waals surface area (Å²) in [5, 5.41) is 3.73. The summed E-state index contributed by atoms with van der Waals surface area (Å²) in [6.45, 7) is 4.27. The molecule has 0 saturated heterocycles. The van der Waals surface area contributed by atoms with Gasteiger partial charge in [-0.15, -0.1) is 0 Å². The minimum atomic E-state index is -0.268. The zero-order chi connectivity index (χ0) is 17.4. The van der Waals surface area contributed by atoms with Gasteiger partial charge in [-0.05, 0) is 55.1 Å². The van der Waals surface area contributed by atoms with E-state index in [9.17, 15) is 4.79 Å². The molecule has 0 aromatic heterocycles. The van der Waals surface area contributed by atoms with E-state index < -0.39 is 0 Å². The summed E-state index contributed by atoms with van der Waals surface area (Å²) < 4.78 is 5.45. The Hall–Kier alpha value is -1.82. The normalized spacial score (nSPS) is 20.1. The first-order valence-electron chi connectivity index (χ1n) is 8.65. The molecule has 0 heterocycles. The van der Waals surface area contributed by atoms with Crippen molar-refractivity contribution in [3.8, 4) is 5.75 Å². The van der Waals surface area contributed by atoms with Crippen molar-refractivity contribution < 1.29 is 9.53 Å². The summed E-state index contributed by atoms with van der Waals surface area (Å²) in [5.41, 5.74) is 6.55. The van der Waals surface area contributed by atoms with Crippen LogP contribution in [0.2, 0.25) is 0 Å². The minimum Gasteiger partial charge on any atom is -0.484 e. The molecule has 1 aromatic rings.